The molecule has 0 amide bonds. The van der Waals surface area contributed by atoms with Crippen LogP contribution in [0, 0.1) is 0 Å². The van der Waals surface area contributed by atoms with Crippen LogP contribution in [0.4, 0.5) is 0 Å². The average Bonchev–Trinajstić information content (AvgIpc) is 1.96. The molecule has 0 radical (unpaired) electrons. The van der Waals surface area contributed by atoms with Gasteiger partial charge in [-0.05, 0) is 32.6 Å². The first-order valence-electron chi connectivity index (χ1n) is 4.56. The normalized spacial score (nSPS) is 15.3. The quantitative estimate of drug-likeness (QED) is 0.619. The van der Waals surface area contributed by atoms with Gasteiger partial charge in [0.1, 0.15) is 0 Å². The second kappa shape index (κ2) is 5.52. The molecule has 0 spiro atoms. The summed E-state index contributed by atoms with van der Waals surface area (Å²) in [6, 6.07) is 0. The predicted octanol–water partition coefficient (Wildman–Crippen LogP) is 3.24. The Morgan fingerprint density at radius 2 is 1.92 bits per heavy atom. The fraction of sp³-hybridized carbons (Fsp3) is 0.800. The summed E-state index contributed by atoms with van der Waals surface area (Å²) in [5.74, 6) is 0. The predicted molar refractivity (Wildman–Crippen MR) is 56.6 cm³/mol. The third-order valence-corrected chi connectivity index (χ3v) is 3.19. The largest absolute Gasteiger partial charge is 0.254 e. The van der Waals surface area contributed by atoms with Gasteiger partial charge in [-0.1, -0.05) is 25.8 Å². The average molecular weight is 188 g/mol. The molecular weight excluding hydrogens is 168 g/mol. The summed E-state index contributed by atoms with van der Waals surface area (Å²) in [6.07, 6.45) is 5.48. The Morgan fingerprint density at radius 3 is 2.33 bits per heavy atom. The lowest BCUT2D eigenvalue weighted by molar-refractivity contribution is 0.656. The summed E-state index contributed by atoms with van der Waals surface area (Å²) >= 11 is 0. The van der Waals surface area contributed by atoms with Crippen molar-refractivity contribution in [2.24, 2.45) is 0 Å². The number of hydrogen-bond acceptors (Lipinski definition) is 1. The van der Waals surface area contributed by atoms with Crippen molar-refractivity contribution < 1.29 is 4.21 Å². The van der Waals surface area contributed by atoms with E-state index in [1.54, 1.807) is 0 Å². The third kappa shape index (κ3) is 5.53. The first kappa shape index (κ1) is 11.9. The van der Waals surface area contributed by atoms with E-state index in [1.165, 1.54) is 12.8 Å². The van der Waals surface area contributed by atoms with Crippen LogP contribution in [-0.4, -0.2) is 8.96 Å². The monoisotopic (exact) mass is 188 g/mol. The van der Waals surface area contributed by atoms with Crippen molar-refractivity contribution in [2.45, 2.75) is 51.7 Å². The van der Waals surface area contributed by atoms with Gasteiger partial charge >= 0.3 is 0 Å². The molecule has 12 heavy (non-hydrogen) atoms. The zero-order chi connectivity index (χ0) is 9.61. The van der Waals surface area contributed by atoms with Crippen molar-refractivity contribution in [1.29, 1.82) is 0 Å². The van der Waals surface area contributed by atoms with Crippen LogP contribution in [0.15, 0.2) is 11.5 Å². The topological polar surface area (TPSA) is 17.1 Å². The van der Waals surface area contributed by atoms with Gasteiger partial charge in [-0.15, -0.1) is 0 Å². The van der Waals surface area contributed by atoms with Gasteiger partial charge in [0.05, 0.1) is 10.8 Å². The van der Waals surface area contributed by atoms with Crippen LogP contribution in [0.1, 0.15) is 47.0 Å². The molecule has 2 heteroatoms. The standard InChI is InChI=1S/C10H20OS/c1-5-6-7-8-9-12(11)10(2,3)4/h8-9H,5-7H2,1-4H3/b9-8-. The van der Waals surface area contributed by atoms with E-state index in [2.05, 4.69) is 6.92 Å². The number of allylic oxidation sites excluding steroid dienone is 1. The molecule has 0 fully saturated rings. The van der Waals surface area contributed by atoms with Gasteiger partial charge in [-0.25, -0.2) is 0 Å². The maximum Gasteiger partial charge on any atom is 0.0506 e. The summed E-state index contributed by atoms with van der Waals surface area (Å²) in [5.41, 5.74) is 0. The van der Waals surface area contributed by atoms with Gasteiger partial charge in [-0.3, -0.25) is 4.21 Å². The van der Waals surface area contributed by atoms with E-state index in [1.807, 2.05) is 32.3 Å². The summed E-state index contributed by atoms with van der Waals surface area (Å²) in [7, 11) is -0.821. The lowest BCUT2D eigenvalue weighted by Gasteiger charge is -2.13. The van der Waals surface area contributed by atoms with Crippen LogP contribution >= 0.6 is 0 Å². The highest BCUT2D eigenvalue weighted by atomic mass is 32.2. The summed E-state index contributed by atoms with van der Waals surface area (Å²) in [5, 5.41) is 1.83. The Labute approximate surface area is 78.7 Å². The molecule has 0 aromatic heterocycles. The molecule has 0 aromatic rings. The van der Waals surface area contributed by atoms with E-state index in [0.29, 0.717) is 0 Å². The summed E-state index contributed by atoms with van der Waals surface area (Å²) < 4.78 is 11.3. The Morgan fingerprint density at radius 1 is 1.33 bits per heavy atom. The minimum atomic E-state index is -0.821. The molecule has 0 saturated heterocycles. The molecular formula is C10H20OS. The minimum Gasteiger partial charge on any atom is -0.254 e. The van der Waals surface area contributed by atoms with Crippen LogP contribution < -0.4 is 0 Å². The van der Waals surface area contributed by atoms with Gasteiger partial charge in [0, 0.05) is 4.75 Å². The van der Waals surface area contributed by atoms with Crippen LogP contribution in [0.5, 0.6) is 0 Å². The number of hydrogen-bond donors (Lipinski definition) is 0. The van der Waals surface area contributed by atoms with Crippen molar-refractivity contribution in [2.75, 3.05) is 0 Å². The Bertz CT molecular complexity index is 165. The lowest BCUT2D eigenvalue weighted by Crippen LogP contribution is -2.19. The van der Waals surface area contributed by atoms with Gasteiger partial charge in [0.15, 0.2) is 0 Å². The highest BCUT2D eigenvalue weighted by molar-refractivity contribution is 7.89. The highest BCUT2D eigenvalue weighted by Gasteiger charge is 2.15. The molecule has 0 bridgehead atoms. The molecule has 0 aliphatic carbocycles. The smallest absolute Gasteiger partial charge is 0.0506 e. The molecule has 72 valence electrons. The van der Waals surface area contributed by atoms with Crippen LogP contribution in [0.25, 0.3) is 0 Å². The van der Waals surface area contributed by atoms with E-state index in [-0.39, 0.29) is 4.75 Å². The fourth-order valence-corrected chi connectivity index (χ4v) is 1.40. The molecule has 0 heterocycles. The molecule has 1 atom stereocenters. The van der Waals surface area contributed by atoms with Gasteiger partial charge < -0.3 is 0 Å². The second-order valence-electron chi connectivity index (χ2n) is 3.92. The molecule has 0 N–H and O–H groups in total. The molecule has 1 nitrogen and oxygen atoms in total. The maximum atomic E-state index is 11.5. The van der Waals surface area contributed by atoms with Gasteiger partial charge in [0.2, 0.25) is 0 Å². The Hall–Kier alpha value is -0.110. The molecule has 0 aliphatic heterocycles. The lowest BCUT2D eigenvalue weighted by atomic mass is 10.2. The van der Waals surface area contributed by atoms with E-state index >= 15 is 0 Å². The second-order valence-corrected chi connectivity index (χ2v) is 6.02. The van der Waals surface area contributed by atoms with Crippen molar-refractivity contribution in [1.82, 2.24) is 0 Å². The van der Waals surface area contributed by atoms with E-state index in [4.69, 9.17) is 0 Å². The van der Waals surface area contributed by atoms with Crippen LogP contribution in [0.3, 0.4) is 0 Å². The SMILES string of the molecule is CCCC/C=C\S(=O)C(C)(C)C. The first-order valence-corrected chi connectivity index (χ1v) is 5.77. The molecule has 1 unspecified atom stereocenters. The molecule has 0 aliphatic rings. The van der Waals surface area contributed by atoms with Crippen LogP contribution in [0.2, 0.25) is 0 Å². The van der Waals surface area contributed by atoms with Gasteiger partial charge in [0.25, 0.3) is 0 Å². The fourth-order valence-electron chi connectivity index (χ4n) is 0.682. The van der Waals surface area contributed by atoms with Crippen LogP contribution in [-0.2, 0) is 10.8 Å². The first-order chi connectivity index (χ1) is 5.48. The van der Waals surface area contributed by atoms with Crippen molar-refractivity contribution >= 4 is 10.8 Å². The Balaban J connectivity index is 3.77. The van der Waals surface area contributed by atoms with E-state index in [9.17, 15) is 4.21 Å². The van der Waals surface area contributed by atoms with Gasteiger partial charge in [-0.2, -0.15) is 0 Å². The van der Waals surface area contributed by atoms with E-state index < -0.39 is 10.8 Å². The zero-order valence-corrected chi connectivity index (χ0v) is 9.41. The zero-order valence-electron chi connectivity index (χ0n) is 8.59. The number of rotatable bonds is 4. The molecule has 0 rings (SSSR count). The Kier molecular flexibility index (Phi) is 5.47. The summed E-state index contributed by atoms with van der Waals surface area (Å²) in [6.45, 7) is 8.14. The highest BCUT2D eigenvalue weighted by Crippen LogP contribution is 2.12. The molecule has 0 saturated carbocycles. The third-order valence-electron chi connectivity index (χ3n) is 1.55. The molecule has 0 aromatic carbocycles. The minimum absolute atomic E-state index is 0.108. The van der Waals surface area contributed by atoms with Crippen molar-refractivity contribution in [3.8, 4) is 0 Å². The maximum absolute atomic E-state index is 11.5. The van der Waals surface area contributed by atoms with Crippen molar-refractivity contribution in [3.63, 3.8) is 0 Å². The summed E-state index contributed by atoms with van der Waals surface area (Å²) in [4.78, 5) is 0. The van der Waals surface area contributed by atoms with Crippen molar-refractivity contribution in [3.05, 3.63) is 11.5 Å². The number of unbranched alkanes of at least 4 members (excludes halogenated alkanes) is 2. The van der Waals surface area contributed by atoms with E-state index in [0.717, 1.165) is 6.42 Å².